The summed E-state index contributed by atoms with van der Waals surface area (Å²) >= 11 is 0. The van der Waals surface area contributed by atoms with Crippen LogP contribution in [0.5, 0.6) is 17.2 Å². The number of carbonyl (C=O) groups excluding carboxylic acids is 1. The molecule has 2 aromatic carbocycles. The SMILES string of the molecule is CCCCC(CC)CNC(=O)CN(c1ccc(OCC)cc1)S(=O)(=O)c1ccc(OC)c(OC)c1. The number of amides is 1. The number of anilines is 1. The zero-order valence-electron chi connectivity index (χ0n) is 21.4. The second kappa shape index (κ2) is 13.8. The minimum absolute atomic E-state index is 0.00813. The van der Waals surface area contributed by atoms with Crippen molar-refractivity contribution >= 4 is 21.6 Å². The molecule has 0 aliphatic rings. The standard InChI is InChI=1S/C26H38N2O6S/c1-6-9-10-20(7-2)18-27-26(29)19-28(21-11-13-22(14-12-21)34-8-3)35(30,31)23-15-16-24(32-4)25(17-23)33-5/h11-17,20H,6-10,18-19H2,1-5H3,(H,27,29). The molecule has 1 amide bonds. The monoisotopic (exact) mass is 506 g/mol. The third-order valence-corrected chi connectivity index (χ3v) is 7.57. The molecule has 9 heteroatoms. The number of ether oxygens (including phenoxy) is 3. The third-order valence-electron chi connectivity index (χ3n) is 5.80. The molecule has 0 saturated heterocycles. The molecule has 2 aromatic rings. The molecule has 35 heavy (non-hydrogen) atoms. The van der Waals surface area contributed by atoms with Crippen molar-refractivity contribution in [2.45, 2.75) is 51.3 Å². The van der Waals surface area contributed by atoms with Gasteiger partial charge in [0.15, 0.2) is 11.5 Å². The lowest BCUT2D eigenvalue weighted by atomic mass is 9.99. The highest BCUT2D eigenvalue weighted by atomic mass is 32.2. The Morgan fingerprint density at radius 1 is 1.00 bits per heavy atom. The number of hydrogen-bond acceptors (Lipinski definition) is 6. The average Bonchev–Trinajstić information content (AvgIpc) is 2.87. The number of benzene rings is 2. The van der Waals surface area contributed by atoms with E-state index in [1.165, 1.54) is 32.4 Å². The van der Waals surface area contributed by atoms with Crippen LogP contribution in [0.3, 0.4) is 0 Å². The molecule has 2 rings (SSSR count). The molecule has 0 heterocycles. The van der Waals surface area contributed by atoms with E-state index in [1.54, 1.807) is 24.3 Å². The van der Waals surface area contributed by atoms with E-state index >= 15 is 0 Å². The number of unbranched alkanes of at least 4 members (excludes halogenated alkanes) is 1. The zero-order chi connectivity index (χ0) is 25.8. The summed E-state index contributed by atoms with van der Waals surface area (Å²) < 4.78 is 44.5. The second-order valence-electron chi connectivity index (χ2n) is 8.18. The van der Waals surface area contributed by atoms with E-state index in [4.69, 9.17) is 14.2 Å². The van der Waals surface area contributed by atoms with Gasteiger partial charge in [0.05, 0.1) is 31.4 Å². The Labute approximate surface area is 209 Å². The van der Waals surface area contributed by atoms with Crippen molar-refractivity contribution < 1.29 is 27.4 Å². The molecular formula is C26H38N2O6S. The first-order valence-electron chi connectivity index (χ1n) is 12.0. The van der Waals surface area contributed by atoms with Crippen molar-refractivity contribution in [2.75, 3.05) is 38.2 Å². The van der Waals surface area contributed by atoms with Gasteiger partial charge in [0.1, 0.15) is 12.3 Å². The van der Waals surface area contributed by atoms with Crippen LogP contribution in [-0.4, -0.2) is 48.2 Å². The largest absolute Gasteiger partial charge is 0.494 e. The molecular weight excluding hydrogens is 468 g/mol. The van der Waals surface area contributed by atoms with Gasteiger partial charge < -0.3 is 19.5 Å². The van der Waals surface area contributed by atoms with Crippen LogP contribution in [-0.2, 0) is 14.8 Å². The Bertz CT molecular complexity index is 1040. The van der Waals surface area contributed by atoms with E-state index in [0.29, 0.717) is 36.3 Å². The Kier molecular flexibility index (Phi) is 11.2. The molecule has 0 aliphatic heterocycles. The number of sulfonamides is 1. The predicted molar refractivity (Wildman–Crippen MR) is 138 cm³/mol. The normalized spacial score (nSPS) is 12.0. The van der Waals surface area contributed by atoms with Gasteiger partial charge in [0, 0.05) is 12.6 Å². The Hall–Kier alpha value is -2.94. The van der Waals surface area contributed by atoms with Crippen LogP contribution in [0.15, 0.2) is 47.4 Å². The molecule has 1 unspecified atom stereocenters. The summed E-state index contributed by atoms with van der Waals surface area (Å²) in [5.41, 5.74) is 0.358. The molecule has 0 bridgehead atoms. The van der Waals surface area contributed by atoms with Gasteiger partial charge in [0.2, 0.25) is 5.91 Å². The summed E-state index contributed by atoms with van der Waals surface area (Å²) in [5.74, 6) is 1.31. The molecule has 0 saturated carbocycles. The van der Waals surface area contributed by atoms with Gasteiger partial charge in [-0.2, -0.15) is 0 Å². The number of hydrogen-bond donors (Lipinski definition) is 1. The molecule has 194 valence electrons. The van der Waals surface area contributed by atoms with E-state index in [1.807, 2.05) is 6.92 Å². The van der Waals surface area contributed by atoms with Crippen molar-refractivity contribution in [2.24, 2.45) is 5.92 Å². The van der Waals surface area contributed by atoms with Gasteiger partial charge in [-0.05, 0) is 55.7 Å². The van der Waals surface area contributed by atoms with Crippen LogP contribution in [0.4, 0.5) is 5.69 Å². The van der Waals surface area contributed by atoms with Crippen molar-refractivity contribution in [1.82, 2.24) is 5.32 Å². The number of rotatable bonds is 15. The van der Waals surface area contributed by atoms with Gasteiger partial charge in [-0.3, -0.25) is 9.10 Å². The molecule has 0 spiro atoms. The van der Waals surface area contributed by atoms with Crippen molar-refractivity contribution in [3.8, 4) is 17.2 Å². The molecule has 0 fully saturated rings. The van der Waals surface area contributed by atoms with Gasteiger partial charge >= 0.3 is 0 Å². The minimum atomic E-state index is -4.09. The van der Waals surface area contributed by atoms with Crippen molar-refractivity contribution in [3.05, 3.63) is 42.5 Å². The van der Waals surface area contributed by atoms with Gasteiger partial charge in [-0.25, -0.2) is 8.42 Å². The first-order chi connectivity index (χ1) is 16.8. The Morgan fingerprint density at radius 2 is 1.69 bits per heavy atom. The van der Waals surface area contributed by atoms with Crippen LogP contribution < -0.4 is 23.8 Å². The number of nitrogens with zero attached hydrogens (tertiary/aromatic N) is 1. The fraction of sp³-hybridized carbons (Fsp3) is 0.500. The minimum Gasteiger partial charge on any atom is -0.494 e. The Balaban J connectivity index is 2.35. The van der Waals surface area contributed by atoms with Crippen molar-refractivity contribution in [3.63, 3.8) is 0 Å². The summed E-state index contributed by atoms with van der Waals surface area (Å²) in [7, 11) is -1.18. The highest BCUT2D eigenvalue weighted by Crippen LogP contribution is 2.32. The molecule has 0 radical (unpaired) electrons. The molecule has 8 nitrogen and oxygen atoms in total. The van der Waals surface area contributed by atoms with Crippen LogP contribution in [0, 0.1) is 5.92 Å². The van der Waals surface area contributed by atoms with Crippen LogP contribution in [0.25, 0.3) is 0 Å². The van der Waals surface area contributed by atoms with Gasteiger partial charge in [-0.15, -0.1) is 0 Å². The topological polar surface area (TPSA) is 94.2 Å². The van der Waals surface area contributed by atoms with E-state index in [2.05, 4.69) is 19.2 Å². The van der Waals surface area contributed by atoms with E-state index < -0.39 is 10.0 Å². The lowest BCUT2D eigenvalue weighted by Crippen LogP contribution is -2.42. The molecule has 0 aliphatic carbocycles. The maximum absolute atomic E-state index is 13.7. The Morgan fingerprint density at radius 3 is 2.26 bits per heavy atom. The predicted octanol–water partition coefficient (Wildman–Crippen LogP) is 4.63. The van der Waals surface area contributed by atoms with Gasteiger partial charge in [-0.1, -0.05) is 33.1 Å². The fourth-order valence-electron chi connectivity index (χ4n) is 3.68. The smallest absolute Gasteiger partial charge is 0.264 e. The second-order valence-corrected chi connectivity index (χ2v) is 10.0. The number of methoxy groups -OCH3 is 2. The van der Waals surface area contributed by atoms with Crippen LogP contribution >= 0.6 is 0 Å². The summed E-state index contributed by atoms with van der Waals surface area (Å²) in [6.07, 6.45) is 4.17. The number of nitrogens with one attached hydrogen (secondary N) is 1. The number of carbonyl (C=O) groups is 1. The first kappa shape index (κ1) is 28.3. The van der Waals surface area contributed by atoms with E-state index in [0.717, 1.165) is 30.0 Å². The summed E-state index contributed by atoms with van der Waals surface area (Å²) in [4.78, 5) is 12.9. The molecule has 1 N–H and O–H groups in total. The fourth-order valence-corrected chi connectivity index (χ4v) is 5.12. The first-order valence-corrected chi connectivity index (χ1v) is 13.5. The van der Waals surface area contributed by atoms with Crippen LogP contribution in [0.2, 0.25) is 0 Å². The van der Waals surface area contributed by atoms with Gasteiger partial charge in [0.25, 0.3) is 10.0 Å². The maximum atomic E-state index is 13.7. The summed E-state index contributed by atoms with van der Waals surface area (Å²) in [6, 6.07) is 11.0. The lowest BCUT2D eigenvalue weighted by Gasteiger charge is -2.25. The third kappa shape index (κ3) is 7.78. The molecule has 0 aromatic heterocycles. The van der Waals surface area contributed by atoms with Crippen molar-refractivity contribution in [1.29, 1.82) is 0 Å². The average molecular weight is 507 g/mol. The summed E-state index contributed by atoms with van der Waals surface area (Å²) in [5, 5.41) is 2.92. The van der Waals surface area contributed by atoms with E-state index in [9.17, 15) is 13.2 Å². The lowest BCUT2D eigenvalue weighted by molar-refractivity contribution is -0.119. The molecule has 1 atom stereocenters. The van der Waals surface area contributed by atoms with Crippen LogP contribution in [0.1, 0.15) is 46.5 Å². The highest BCUT2D eigenvalue weighted by molar-refractivity contribution is 7.92. The highest BCUT2D eigenvalue weighted by Gasteiger charge is 2.28. The van der Waals surface area contributed by atoms with E-state index in [-0.39, 0.29) is 23.1 Å². The zero-order valence-corrected chi connectivity index (χ0v) is 22.2. The quantitative estimate of drug-likeness (QED) is 0.379. The maximum Gasteiger partial charge on any atom is 0.264 e. The summed E-state index contributed by atoms with van der Waals surface area (Å²) in [6.45, 7) is 6.76.